The van der Waals surface area contributed by atoms with E-state index in [1.165, 1.54) is 6.33 Å². The van der Waals surface area contributed by atoms with Crippen molar-refractivity contribution < 1.29 is 0 Å². The second kappa shape index (κ2) is 4.38. The first-order chi connectivity index (χ1) is 9.76. The Morgan fingerprint density at radius 3 is 2.70 bits per heavy atom. The molecule has 0 bridgehead atoms. The van der Waals surface area contributed by atoms with Crippen LogP contribution in [0.1, 0.15) is 11.4 Å². The van der Waals surface area contributed by atoms with Gasteiger partial charge in [-0.1, -0.05) is 0 Å². The summed E-state index contributed by atoms with van der Waals surface area (Å²) in [6, 6.07) is 11.1. The maximum Gasteiger partial charge on any atom is 0.177 e. The minimum absolute atomic E-state index is 0.0985. The SMILES string of the molecule is N#Cc1ncn(-c2ccc(N)c3ncccc23)c1C#N. The summed E-state index contributed by atoms with van der Waals surface area (Å²) in [6.07, 6.45) is 3.11. The quantitative estimate of drug-likeness (QED) is 0.671. The fraction of sp³-hybridized carbons (Fsp3) is 0. The average molecular weight is 260 g/mol. The number of hydrogen-bond donors (Lipinski definition) is 1. The average Bonchev–Trinajstić information content (AvgIpc) is 2.90. The van der Waals surface area contributed by atoms with Gasteiger partial charge in [-0.05, 0) is 24.3 Å². The van der Waals surface area contributed by atoms with E-state index in [0.29, 0.717) is 16.9 Å². The normalized spacial score (nSPS) is 10.1. The number of rotatable bonds is 1. The molecule has 0 radical (unpaired) electrons. The fourth-order valence-electron chi connectivity index (χ4n) is 2.11. The van der Waals surface area contributed by atoms with Gasteiger partial charge in [-0.3, -0.25) is 9.55 Å². The van der Waals surface area contributed by atoms with Gasteiger partial charge in [-0.15, -0.1) is 0 Å². The minimum Gasteiger partial charge on any atom is -0.397 e. The number of hydrogen-bond acceptors (Lipinski definition) is 5. The first kappa shape index (κ1) is 11.7. The van der Waals surface area contributed by atoms with E-state index in [-0.39, 0.29) is 11.4 Å². The standard InChI is InChI=1S/C14H8N6/c15-6-11-13(7-16)20(8-19-11)12-4-3-10(17)14-9(12)2-1-5-18-14/h1-5,8H,17H2. The van der Waals surface area contributed by atoms with Gasteiger partial charge in [-0.2, -0.15) is 10.5 Å². The van der Waals surface area contributed by atoms with Gasteiger partial charge in [0.15, 0.2) is 11.4 Å². The van der Waals surface area contributed by atoms with E-state index in [1.807, 2.05) is 18.2 Å². The Morgan fingerprint density at radius 1 is 1.10 bits per heavy atom. The summed E-state index contributed by atoms with van der Waals surface area (Å²) >= 11 is 0. The van der Waals surface area contributed by atoms with Gasteiger partial charge in [0.05, 0.1) is 16.9 Å². The molecule has 6 nitrogen and oxygen atoms in total. The van der Waals surface area contributed by atoms with E-state index in [0.717, 1.165) is 5.39 Å². The largest absolute Gasteiger partial charge is 0.397 e. The highest BCUT2D eigenvalue weighted by Crippen LogP contribution is 2.26. The number of nitrogens with zero attached hydrogens (tertiary/aromatic N) is 5. The Hall–Kier alpha value is -3.38. The zero-order chi connectivity index (χ0) is 14.1. The third kappa shape index (κ3) is 1.57. The second-order valence-electron chi connectivity index (χ2n) is 4.11. The predicted molar refractivity (Wildman–Crippen MR) is 72.7 cm³/mol. The number of benzene rings is 1. The molecule has 0 aliphatic rings. The maximum atomic E-state index is 9.20. The van der Waals surface area contributed by atoms with Gasteiger partial charge < -0.3 is 5.73 Å². The third-order valence-corrected chi connectivity index (χ3v) is 3.02. The smallest absolute Gasteiger partial charge is 0.177 e. The first-order valence-corrected chi connectivity index (χ1v) is 5.77. The third-order valence-electron chi connectivity index (χ3n) is 3.02. The van der Waals surface area contributed by atoms with Crippen molar-refractivity contribution in [1.82, 2.24) is 14.5 Å². The zero-order valence-electron chi connectivity index (χ0n) is 10.3. The van der Waals surface area contributed by atoms with Crippen LogP contribution in [0.2, 0.25) is 0 Å². The molecule has 0 saturated heterocycles. The molecule has 2 aromatic heterocycles. The number of nitrogens with two attached hydrogens (primary N) is 1. The van der Waals surface area contributed by atoms with Gasteiger partial charge >= 0.3 is 0 Å². The molecule has 0 unspecified atom stereocenters. The van der Waals surface area contributed by atoms with Crippen LogP contribution in [0.3, 0.4) is 0 Å². The van der Waals surface area contributed by atoms with Crippen molar-refractivity contribution in [2.45, 2.75) is 0 Å². The van der Waals surface area contributed by atoms with Crippen molar-refractivity contribution >= 4 is 16.6 Å². The van der Waals surface area contributed by atoms with Crippen LogP contribution < -0.4 is 5.73 Å². The Labute approximate surface area is 114 Å². The van der Waals surface area contributed by atoms with Gasteiger partial charge in [-0.25, -0.2) is 4.98 Å². The molecule has 20 heavy (non-hydrogen) atoms. The molecule has 3 rings (SSSR count). The molecule has 0 spiro atoms. The molecule has 0 saturated carbocycles. The summed E-state index contributed by atoms with van der Waals surface area (Å²) in [5.74, 6) is 0. The van der Waals surface area contributed by atoms with E-state index in [1.54, 1.807) is 29.0 Å². The lowest BCUT2D eigenvalue weighted by Gasteiger charge is -2.09. The van der Waals surface area contributed by atoms with Crippen LogP contribution in [0.25, 0.3) is 16.6 Å². The summed E-state index contributed by atoms with van der Waals surface area (Å²) in [7, 11) is 0. The van der Waals surface area contributed by atoms with Crippen LogP contribution in [0, 0.1) is 22.7 Å². The Kier molecular flexibility index (Phi) is 2.56. The lowest BCUT2D eigenvalue weighted by Crippen LogP contribution is -2.00. The summed E-state index contributed by atoms with van der Waals surface area (Å²) in [5.41, 5.74) is 8.12. The molecule has 94 valence electrons. The zero-order valence-corrected chi connectivity index (χ0v) is 10.3. The molecule has 0 aliphatic heterocycles. The van der Waals surface area contributed by atoms with E-state index in [2.05, 4.69) is 9.97 Å². The summed E-state index contributed by atoms with van der Waals surface area (Å²) in [4.78, 5) is 8.18. The van der Waals surface area contributed by atoms with E-state index in [4.69, 9.17) is 11.0 Å². The van der Waals surface area contributed by atoms with Crippen molar-refractivity contribution in [3.05, 3.63) is 48.2 Å². The van der Waals surface area contributed by atoms with Crippen molar-refractivity contribution in [3.63, 3.8) is 0 Å². The molecule has 1 aromatic carbocycles. The summed E-state index contributed by atoms with van der Waals surface area (Å²) in [5, 5.41) is 19.0. The van der Waals surface area contributed by atoms with E-state index >= 15 is 0 Å². The minimum atomic E-state index is 0.0985. The van der Waals surface area contributed by atoms with Gasteiger partial charge in [0.25, 0.3) is 0 Å². The molecule has 0 fully saturated rings. The highest BCUT2D eigenvalue weighted by molar-refractivity contribution is 5.95. The topological polar surface area (TPSA) is 104 Å². The van der Waals surface area contributed by atoms with Crippen LogP contribution in [-0.2, 0) is 0 Å². The monoisotopic (exact) mass is 260 g/mol. The number of pyridine rings is 1. The highest BCUT2D eigenvalue weighted by atomic mass is 15.1. The Bertz CT molecular complexity index is 894. The first-order valence-electron chi connectivity index (χ1n) is 5.77. The van der Waals surface area contributed by atoms with Crippen molar-refractivity contribution in [2.75, 3.05) is 5.73 Å². The van der Waals surface area contributed by atoms with Crippen molar-refractivity contribution in [2.24, 2.45) is 0 Å². The lowest BCUT2D eigenvalue weighted by atomic mass is 10.1. The second-order valence-corrected chi connectivity index (χ2v) is 4.11. The maximum absolute atomic E-state index is 9.20. The van der Waals surface area contributed by atoms with Crippen LogP contribution in [0.5, 0.6) is 0 Å². The lowest BCUT2D eigenvalue weighted by molar-refractivity contribution is 1.04. The van der Waals surface area contributed by atoms with Crippen molar-refractivity contribution in [3.8, 4) is 17.8 Å². The van der Waals surface area contributed by atoms with Gasteiger partial charge in [0.2, 0.25) is 0 Å². The van der Waals surface area contributed by atoms with Gasteiger partial charge in [0, 0.05) is 11.6 Å². The molecule has 2 N–H and O–H groups in total. The number of imidazole rings is 1. The van der Waals surface area contributed by atoms with Crippen LogP contribution in [0.4, 0.5) is 5.69 Å². The number of fused-ring (bicyclic) bond motifs is 1. The molecule has 0 atom stereocenters. The highest BCUT2D eigenvalue weighted by Gasteiger charge is 2.14. The number of aromatic nitrogens is 3. The Morgan fingerprint density at radius 2 is 1.95 bits per heavy atom. The molecule has 0 amide bonds. The molecule has 0 aliphatic carbocycles. The van der Waals surface area contributed by atoms with Gasteiger partial charge in [0.1, 0.15) is 18.5 Å². The van der Waals surface area contributed by atoms with Crippen molar-refractivity contribution in [1.29, 1.82) is 10.5 Å². The molecule has 6 heteroatoms. The fourth-order valence-corrected chi connectivity index (χ4v) is 2.11. The summed E-state index contributed by atoms with van der Waals surface area (Å²) < 4.78 is 1.57. The van der Waals surface area contributed by atoms with Crippen LogP contribution in [0.15, 0.2) is 36.8 Å². The van der Waals surface area contributed by atoms with Crippen LogP contribution >= 0.6 is 0 Å². The molecular weight excluding hydrogens is 252 g/mol. The summed E-state index contributed by atoms with van der Waals surface area (Å²) in [6.45, 7) is 0. The number of nitriles is 2. The predicted octanol–water partition coefficient (Wildman–Crippen LogP) is 1.75. The molecule has 3 aromatic rings. The van der Waals surface area contributed by atoms with Crippen LogP contribution in [-0.4, -0.2) is 14.5 Å². The van der Waals surface area contributed by atoms with E-state index in [9.17, 15) is 5.26 Å². The number of nitrogen functional groups attached to an aromatic ring is 1. The molecule has 2 heterocycles. The van der Waals surface area contributed by atoms with E-state index < -0.39 is 0 Å². The Balaban J connectivity index is 2.38. The molecular formula is C14H8N6. The number of anilines is 1.